The number of amides is 2. The topological polar surface area (TPSA) is 60.9 Å². The molecule has 0 bridgehead atoms. The summed E-state index contributed by atoms with van der Waals surface area (Å²) in [5.74, 6) is -0.157. The van der Waals surface area contributed by atoms with Crippen molar-refractivity contribution in [3.05, 3.63) is 0 Å². The summed E-state index contributed by atoms with van der Waals surface area (Å²) in [5.41, 5.74) is 0. The summed E-state index contributed by atoms with van der Waals surface area (Å²) in [6, 6.07) is 0. The van der Waals surface area contributed by atoms with Gasteiger partial charge in [-0.25, -0.2) is 4.79 Å². The van der Waals surface area contributed by atoms with Gasteiger partial charge < -0.3 is 14.9 Å². The Balaban J connectivity index is 4.05. The van der Waals surface area contributed by atoms with Crippen LogP contribution in [0.3, 0.4) is 0 Å². The molecule has 0 radical (unpaired) electrons. The molecule has 76 valence electrons. The van der Waals surface area contributed by atoms with Crippen molar-refractivity contribution in [2.45, 2.75) is 13.8 Å². The van der Waals surface area contributed by atoms with Gasteiger partial charge in [0, 0.05) is 20.1 Å². The van der Waals surface area contributed by atoms with Crippen molar-refractivity contribution >= 4 is 12.0 Å². The molecule has 13 heavy (non-hydrogen) atoms. The maximum absolute atomic E-state index is 11.3. The summed E-state index contributed by atoms with van der Waals surface area (Å²) in [6.45, 7) is 4.88. The Morgan fingerprint density at radius 3 is 2.00 bits per heavy atom. The zero-order valence-corrected chi connectivity index (χ0v) is 8.28. The van der Waals surface area contributed by atoms with Gasteiger partial charge in [0.2, 0.25) is 5.91 Å². The van der Waals surface area contributed by atoms with E-state index in [1.54, 1.807) is 4.90 Å². The lowest BCUT2D eigenvalue weighted by molar-refractivity contribution is -0.131. The number of hydrogen-bond acceptors (Lipinski definition) is 2. The molecule has 0 rings (SSSR count). The lowest BCUT2D eigenvalue weighted by atomic mass is 10.4. The number of hydrogen-bond donors (Lipinski definition) is 1. The molecule has 0 aliphatic rings. The quantitative estimate of drug-likeness (QED) is 0.697. The molecule has 0 atom stereocenters. The van der Waals surface area contributed by atoms with Crippen LogP contribution in [0.25, 0.3) is 0 Å². The fraction of sp³-hybridized carbons (Fsp3) is 0.750. The maximum Gasteiger partial charge on any atom is 0.407 e. The molecular weight excluding hydrogens is 172 g/mol. The van der Waals surface area contributed by atoms with Crippen LogP contribution in [0.2, 0.25) is 0 Å². The molecule has 0 unspecified atom stereocenters. The summed E-state index contributed by atoms with van der Waals surface area (Å²) in [5, 5.41) is 8.51. The van der Waals surface area contributed by atoms with Crippen LogP contribution in [0, 0.1) is 0 Å². The number of carboxylic acid groups (broad SMARTS) is 1. The molecule has 0 aromatic heterocycles. The molecule has 0 aliphatic heterocycles. The van der Waals surface area contributed by atoms with Gasteiger partial charge >= 0.3 is 6.09 Å². The minimum absolute atomic E-state index is 0.0724. The molecule has 5 heteroatoms. The van der Waals surface area contributed by atoms with E-state index >= 15 is 0 Å². The first-order chi connectivity index (χ1) is 6.02. The Hall–Kier alpha value is -1.26. The van der Waals surface area contributed by atoms with E-state index in [0.29, 0.717) is 13.1 Å². The van der Waals surface area contributed by atoms with Crippen LogP contribution in [0.5, 0.6) is 0 Å². The van der Waals surface area contributed by atoms with E-state index in [2.05, 4.69) is 0 Å². The van der Waals surface area contributed by atoms with Crippen LogP contribution in [-0.4, -0.2) is 53.6 Å². The average molecular weight is 188 g/mol. The highest BCUT2D eigenvalue weighted by Gasteiger charge is 2.14. The van der Waals surface area contributed by atoms with E-state index in [0.717, 1.165) is 4.90 Å². The van der Waals surface area contributed by atoms with E-state index in [1.165, 1.54) is 7.05 Å². The normalized spacial score (nSPS) is 9.46. The van der Waals surface area contributed by atoms with Gasteiger partial charge in [-0.05, 0) is 13.8 Å². The molecular formula is C8H16N2O3. The van der Waals surface area contributed by atoms with Gasteiger partial charge in [0.05, 0.1) is 0 Å². The van der Waals surface area contributed by atoms with E-state index in [9.17, 15) is 9.59 Å². The van der Waals surface area contributed by atoms with Crippen molar-refractivity contribution in [1.29, 1.82) is 0 Å². The van der Waals surface area contributed by atoms with Crippen LogP contribution in [-0.2, 0) is 4.79 Å². The summed E-state index contributed by atoms with van der Waals surface area (Å²) in [4.78, 5) is 24.3. The Morgan fingerprint density at radius 1 is 1.23 bits per heavy atom. The Labute approximate surface area is 77.9 Å². The fourth-order valence-corrected chi connectivity index (χ4v) is 0.947. The van der Waals surface area contributed by atoms with Gasteiger partial charge in [0.1, 0.15) is 6.54 Å². The molecule has 1 N–H and O–H groups in total. The van der Waals surface area contributed by atoms with E-state index in [1.807, 2.05) is 13.8 Å². The molecule has 0 spiro atoms. The third-order valence-electron chi connectivity index (χ3n) is 1.82. The molecule has 0 aromatic carbocycles. The largest absolute Gasteiger partial charge is 0.465 e. The van der Waals surface area contributed by atoms with Gasteiger partial charge in [-0.1, -0.05) is 0 Å². The van der Waals surface area contributed by atoms with Crippen molar-refractivity contribution in [3.63, 3.8) is 0 Å². The van der Waals surface area contributed by atoms with E-state index in [-0.39, 0.29) is 12.5 Å². The van der Waals surface area contributed by atoms with Gasteiger partial charge in [0.25, 0.3) is 0 Å². The molecule has 0 aliphatic carbocycles. The van der Waals surface area contributed by atoms with Gasteiger partial charge in [-0.3, -0.25) is 4.79 Å². The van der Waals surface area contributed by atoms with Crippen LogP contribution < -0.4 is 0 Å². The van der Waals surface area contributed by atoms with Crippen molar-refractivity contribution in [3.8, 4) is 0 Å². The van der Waals surface area contributed by atoms with Gasteiger partial charge in [0.15, 0.2) is 0 Å². The predicted octanol–water partition coefficient (Wildman–Crippen LogP) is 0.465. The Morgan fingerprint density at radius 2 is 1.69 bits per heavy atom. The molecule has 2 amide bonds. The van der Waals surface area contributed by atoms with Crippen molar-refractivity contribution in [2.75, 3.05) is 26.7 Å². The molecule has 5 nitrogen and oxygen atoms in total. The Kier molecular flexibility index (Phi) is 4.87. The smallest absolute Gasteiger partial charge is 0.407 e. The highest BCUT2D eigenvalue weighted by molar-refractivity contribution is 5.81. The van der Waals surface area contributed by atoms with E-state index in [4.69, 9.17) is 5.11 Å². The first-order valence-corrected chi connectivity index (χ1v) is 4.24. The number of nitrogens with zero attached hydrogens (tertiary/aromatic N) is 2. The number of likely N-dealkylation sites (N-methyl/N-ethyl adjacent to an activating group) is 2. The number of carbonyl (C=O) groups excluding carboxylic acids is 1. The van der Waals surface area contributed by atoms with Crippen LogP contribution in [0.1, 0.15) is 13.8 Å². The molecule has 0 fully saturated rings. The predicted molar refractivity (Wildman–Crippen MR) is 48.6 cm³/mol. The van der Waals surface area contributed by atoms with Crippen LogP contribution >= 0.6 is 0 Å². The van der Waals surface area contributed by atoms with Crippen molar-refractivity contribution in [1.82, 2.24) is 9.80 Å². The summed E-state index contributed by atoms with van der Waals surface area (Å²) >= 11 is 0. The fourth-order valence-electron chi connectivity index (χ4n) is 0.947. The highest BCUT2D eigenvalue weighted by atomic mass is 16.4. The second kappa shape index (κ2) is 5.40. The second-order valence-corrected chi connectivity index (χ2v) is 2.70. The molecule has 0 heterocycles. The van der Waals surface area contributed by atoms with Gasteiger partial charge in [-0.15, -0.1) is 0 Å². The lowest BCUT2D eigenvalue weighted by Gasteiger charge is -2.21. The average Bonchev–Trinajstić information content (AvgIpc) is 2.06. The third-order valence-corrected chi connectivity index (χ3v) is 1.82. The number of carbonyl (C=O) groups is 2. The van der Waals surface area contributed by atoms with Crippen molar-refractivity contribution in [2.24, 2.45) is 0 Å². The maximum atomic E-state index is 11.3. The summed E-state index contributed by atoms with van der Waals surface area (Å²) in [7, 11) is 1.38. The lowest BCUT2D eigenvalue weighted by Crippen LogP contribution is -2.40. The minimum atomic E-state index is -1.08. The van der Waals surface area contributed by atoms with Crippen LogP contribution in [0.4, 0.5) is 4.79 Å². The molecule has 0 saturated heterocycles. The van der Waals surface area contributed by atoms with Crippen molar-refractivity contribution < 1.29 is 14.7 Å². The van der Waals surface area contributed by atoms with E-state index < -0.39 is 6.09 Å². The minimum Gasteiger partial charge on any atom is -0.465 e. The highest BCUT2D eigenvalue weighted by Crippen LogP contribution is 1.92. The summed E-state index contributed by atoms with van der Waals surface area (Å²) < 4.78 is 0. The molecule has 0 aromatic rings. The Bertz CT molecular complexity index is 190. The molecule has 0 saturated carbocycles. The van der Waals surface area contributed by atoms with Crippen LogP contribution in [0.15, 0.2) is 0 Å². The zero-order valence-electron chi connectivity index (χ0n) is 8.28. The first-order valence-electron chi connectivity index (χ1n) is 4.24. The standard InChI is InChI=1S/C8H16N2O3/c1-4-10(5-2)7(11)6-9(3)8(12)13/h4-6H2,1-3H3,(H,12,13). The van der Waals surface area contributed by atoms with Gasteiger partial charge in [-0.2, -0.15) is 0 Å². The zero-order chi connectivity index (χ0) is 10.4. The number of rotatable bonds is 4. The third kappa shape index (κ3) is 3.78. The second-order valence-electron chi connectivity index (χ2n) is 2.70. The first kappa shape index (κ1) is 11.7. The monoisotopic (exact) mass is 188 g/mol. The summed E-state index contributed by atoms with van der Waals surface area (Å²) in [6.07, 6.45) is -1.08. The SMILES string of the molecule is CCN(CC)C(=O)CN(C)C(=O)O.